The summed E-state index contributed by atoms with van der Waals surface area (Å²) in [5.41, 5.74) is -0.0168. The van der Waals surface area contributed by atoms with Gasteiger partial charge in [-0.2, -0.15) is 0 Å². The number of esters is 1. The van der Waals surface area contributed by atoms with Crippen LogP contribution in [-0.4, -0.2) is 18.5 Å². The average Bonchev–Trinajstić information content (AvgIpc) is 1.87. The molecule has 0 aliphatic rings. The maximum absolute atomic E-state index is 10.5. The quantitative estimate of drug-likeness (QED) is 0.306. The van der Waals surface area contributed by atoms with Crippen molar-refractivity contribution in [2.75, 3.05) is 6.61 Å². The summed E-state index contributed by atoms with van der Waals surface area (Å²) in [5, 5.41) is 0. The molecule has 0 bridgehead atoms. The Bertz CT molecular complexity index is 154. The minimum atomic E-state index is -0.590. The van der Waals surface area contributed by atoms with E-state index < -0.39 is 5.97 Å². The maximum atomic E-state index is 10.5. The molecule has 3 nitrogen and oxygen atoms in total. The number of carbonyl (C=O) groups excluding carboxylic acids is 2. The second-order valence-corrected chi connectivity index (χ2v) is 1.45. The highest BCUT2D eigenvalue weighted by Gasteiger charge is 2.02. The first-order chi connectivity index (χ1) is 4.22. The van der Waals surface area contributed by atoms with Crippen molar-refractivity contribution in [3.63, 3.8) is 0 Å². The molecule has 0 aliphatic heterocycles. The minimum Gasteiger partial charge on any atom is -0.462 e. The van der Waals surface area contributed by atoms with Gasteiger partial charge in [0.2, 0.25) is 0 Å². The van der Waals surface area contributed by atoms with Gasteiger partial charge in [0.05, 0.1) is 6.61 Å². The molecule has 0 amide bonds. The lowest BCUT2D eigenvalue weighted by molar-refractivity contribution is -0.138. The molecule has 0 unspecified atom stereocenters. The first kappa shape index (κ1) is 7.92. The summed E-state index contributed by atoms with van der Waals surface area (Å²) in [4.78, 5) is 20.2. The lowest BCUT2D eigenvalue weighted by Gasteiger charge is -1.95. The van der Waals surface area contributed by atoms with Crippen LogP contribution in [0.2, 0.25) is 0 Å². The third-order valence-electron chi connectivity index (χ3n) is 0.735. The van der Waals surface area contributed by atoms with Crippen molar-refractivity contribution in [1.29, 1.82) is 0 Å². The molecule has 0 fully saturated rings. The molecule has 9 heavy (non-hydrogen) atoms. The zero-order chi connectivity index (χ0) is 7.28. The third kappa shape index (κ3) is 2.67. The van der Waals surface area contributed by atoms with Crippen LogP contribution >= 0.6 is 0 Å². The first-order valence-corrected chi connectivity index (χ1v) is 2.61. The lowest BCUT2D eigenvalue weighted by Crippen LogP contribution is -2.05. The Balaban J connectivity index is 3.89. The summed E-state index contributed by atoms with van der Waals surface area (Å²) in [6.07, 6.45) is 0. The Morgan fingerprint density at radius 3 is 2.56 bits per heavy atom. The summed E-state index contributed by atoms with van der Waals surface area (Å²) < 4.78 is 4.46. The van der Waals surface area contributed by atoms with Crippen molar-refractivity contribution < 1.29 is 14.3 Å². The number of hydrogen-bond donors (Lipinski definition) is 0. The van der Waals surface area contributed by atoms with E-state index in [1.807, 2.05) is 0 Å². The Hall–Kier alpha value is -1.08. The molecule has 0 aliphatic carbocycles. The van der Waals surface area contributed by atoms with Crippen LogP contribution in [0.15, 0.2) is 5.57 Å². The monoisotopic (exact) mass is 128 g/mol. The maximum Gasteiger partial charge on any atom is 0.344 e. The van der Waals surface area contributed by atoms with E-state index in [9.17, 15) is 9.59 Å². The van der Waals surface area contributed by atoms with Crippen LogP contribution < -0.4 is 0 Å². The molecule has 50 valence electrons. The van der Waals surface area contributed by atoms with Gasteiger partial charge in [0.1, 0.15) is 11.5 Å². The van der Waals surface area contributed by atoms with E-state index >= 15 is 0 Å². The predicted octanol–water partition coefficient (Wildman–Crippen LogP) is 0.327. The van der Waals surface area contributed by atoms with Gasteiger partial charge < -0.3 is 4.74 Å². The van der Waals surface area contributed by atoms with Gasteiger partial charge in [-0.25, -0.2) is 9.59 Å². The highest BCUT2D eigenvalue weighted by atomic mass is 16.5. The summed E-state index contributed by atoms with van der Waals surface area (Å²) in [6.45, 7) is 3.33. The van der Waals surface area contributed by atoms with Crippen LogP contribution in [-0.2, 0) is 14.3 Å². The largest absolute Gasteiger partial charge is 0.462 e. The van der Waals surface area contributed by atoms with Crippen LogP contribution in [0.25, 0.3) is 0 Å². The molecule has 0 N–H and O–H groups in total. The number of hydrogen-bond acceptors (Lipinski definition) is 3. The third-order valence-corrected chi connectivity index (χ3v) is 0.735. The zero-order valence-electron chi connectivity index (χ0n) is 5.43. The Labute approximate surface area is 53.3 Å². The molecule has 0 aromatic heterocycles. The van der Waals surface area contributed by atoms with E-state index in [2.05, 4.69) is 4.74 Å². The smallest absolute Gasteiger partial charge is 0.344 e. The lowest BCUT2D eigenvalue weighted by atomic mass is 10.4. The van der Waals surface area contributed by atoms with Crippen LogP contribution in [0, 0.1) is 0 Å². The molecule has 0 spiro atoms. The van der Waals surface area contributed by atoms with Gasteiger partial charge in [0.25, 0.3) is 0 Å². The van der Waals surface area contributed by atoms with Crippen molar-refractivity contribution in [1.82, 2.24) is 0 Å². The molecule has 0 heterocycles. The topological polar surface area (TPSA) is 43.4 Å². The highest BCUT2D eigenvalue weighted by molar-refractivity contribution is 5.95. The van der Waals surface area contributed by atoms with Gasteiger partial charge in [-0.1, -0.05) is 0 Å². The van der Waals surface area contributed by atoms with E-state index in [4.69, 9.17) is 0 Å². The van der Waals surface area contributed by atoms with Gasteiger partial charge in [-0.05, 0) is 13.8 Å². The normalized spacial score (nSPS) is 7.78. The Morgan fingerprint density at radius 2 is 2.22 bits per heavy atom. The molecule has 0 saturated carbocycles. The SMILES string of the molecule is CCOC(=O)C(C)=C=O. The van der Waals surface area contributed by atoms with Gasteiger partial charge in [0, 0.05) is 0 Å². The predicted molar refractivity (Wildman–Crippen MR) is 31.5 cm³/mol. The van der Waals surface area contributed by atoms with E-state index in [1.54, 1.807) is 6.92 Å². The fraction of sp³-hybridized carbons (Fsp3) is 0.500. The Kier molecular flexibility index (Phi) is 3.40. The van der Waals surface area contributed by atoms with Crippen LogP contribution in [0.1, 0.15) is 13.8 Å². The summed E-state index contributed by atoms with van der Waals surface area (Å²) in [5.74, 6) is 0.851. The van der Waals surface area contributed by atoms with Gasteiger partial charge in [-0.15, -0.1) is 0 Å². The molecular formula is C6H8O3. The van der Waals surface area contributed by atoms with Crippen molar-refractivity contribution >= 4 is 11.9 Å². The van der Waals surface area contributed by atoms with Crippen LogP contribution in [0.3, 0.4) is 0 Å². The zero-order valence-corrected chi connectivity index (χ0v) is 5.43. The van der Waals surface area contributed by atoms with Crippen molar-refractivity contribution in [3.8, 4) is 0 Å². The molecular weight excluding hydrogens is 120 g/mol. The standard InChI is InChI=1S/C6H8O3/c1-3-9-6(8)5(2)4-7/h3H2,1-2H3. The fourth-order valence-electron chi connectivity index (χ4n) is 0.281. The molecule has 0 aromatic carbocycles. The Morgan fingerprint density at radius 1 is 1.67 bits per heavy atom. The van der Waals surface area contributed by atoms with Crippen molar-refractivity contribution in [2.45, 2.75) is 13.8 Å². The average molecular weight is 128 g/mol. The van der Waals surface area contributed by atoms with Crippen molar-refractivity contribution in [3.05, 3.63) is 5.57 Å². The highest BCUT2D eigenvalue weighted by Crippen LogP contribution is 1.88. The molecule has 3 heteroatoms. The minimum absolute atomic E-state index is 0.0168. The van der Waals surface area contributed by atoms with Crippen LogP contribution in [0.4, 0.5) is 0 Å². The fourth-order valence-corrected chi connectivity index (χ4v) is 0.281. The second-order valence-electron chi connectivity index (χ2n) is 1.45. The summed E-state index contributed by atoms with van der Waals surface area (Å²) in [6, 6.07) is 0. The summed E-state index contributed by atoms with van der Waals surface area (Å²) >= 11 is 0. The van der Waals surface area contributed by atoms with Gasteiger partial charge >= 0.3 is 5.97 Å². The molecule has 0 aromatic rings. The van der Waals surface area contributed by atoms with E-state index in [0.29, 0.717) is 0 Å². The number of rotatable bonds is 2. The van der Waals surface area contributed by atoms with Crippen molar-refractivity contribution in [2.24, 2.45) is 0 Å². The van der Waals surface area contributed by atoms with E-state index in [1.165, 1.54) is 12.9 Å². The molecule has 0 rings (SSSR count). The number of ether oxygens (including phenoxy) is 1. The second kappa shape index (κ2) is 3.87. The van der Waals surface area contributed by atoms with Gasteiger partial charge in [0.15, 0.2) is 0 Å². The van der Waals surface area contributed by atoms with Gasteiger partial charge in [-0.3, -0.25) is 0 Å². The molecule has 0 atom stereocenters. The van der Waals surface area contributed by atoms with E-state index in [-0.39, 0.29) is 12.2 Å². The molecule has 0 saturated heterocycles. The summed E-state index contributed by atoms with van der Waals surface area (Å²) in [7, 11) is 0. The number of carbonyl (C=O) groups is 1. The molecule has 0 radical (unpaired) electrons. The van der Waals surface area contributed by atoms with E-state index in [0.717, 1.165) is 0 Å². The first-order valence-electron chi connectivity index (χ1n) is 2.61. The van der Waals surface area contributed by atoms with Crippen LogP contribution in [0.5, 0.6) is 0 Å².